The van der Waals surface area contributed by atoms with E-state index >= 15 is 0 Å². The third-order valence-electron chi connectivity index (χ3n) is 5.84. The van der Waals surface area contributed by atoms with Crippen LogP contribution in [0.25, 0.3) is 0 Å². The lowest BCUT2D eigenvalue weighted by Crippen LogP contribution is -2.31. The van der Waals surface area contributed by atoms with Gasteiger partial charge >= 0.3 is 0 Å². The number of rotatable bonds is 7. The first-order chi connectivity index (χ1) is 16.3. The van der Waals surface area contributed by atoms with Crippen molar-refractivity contribution in [1.82, 2.24) is 4.57 Å². The molecule has 34 heavy (non-hydrogen) atoms. The fourth-order valence-electron chi connectivity index (χ4n) is 3.88. The minimum absolute atomic E-state index is 0.0652. The first-order valence-corrected chi connectivity index (χ1v) is 10.9. The molecule has 0 aliphatic carbocycles. The number of benzene rings is 2. The van der Waals surface area contributed by atoms with E-state index in [0.717, 1.165) is 16.6 Å². The third kappa shape index (κ3) is 4.20. The highest BCUT2D eigenvalue weighted by molar-refractivity contribution is 6.03. The number of Topliss-reactive ketones (excluding diaryl/α,β-unsaturated/α-hetero) is 1. The molecule has 4 rings (SSSR count). The SMILES string of the molecule is CCc1ccc(OC(C)C(=O)c2c(C)c(C#N)c(=O)n(Cc3ccc4c(c3)OCO4)c2O)cc1. The Kier molecular flexibility index (Phi) is 6.28. The first kappa shape index (κ1) is 22.9. The summed E-state index contributed by atoms with van der Waals surface area (Å²) in [6.45, 7) is 5.11. The molecular formula is C26H24N2O6. The Morgan fingerprint density at radius 3 is 2.53 bits per heavy atom. The number of fused-ring (bicyclic) bond motifs is 1. The van der Waals surface area contributed by atoms with Crippen LogP contribution in [0.1, 0.15) is 46.5 Å². The van der Waals surface area contributed by atoms with Crippen LogP contribution in [0.2, 0.25) is 0 Å². The molecule has 0 saturated heterocycles. The van der Waals surface area contributed by atoms with Crippen molar-refractivity contribution in [3.05, 3.63) is 80.6 Å². The highest BCUT2D eigenvalue weighted by Crippen LogP contribution is 2.33. The zero-order valence-corrected chi connectivity index (χ0v) is 19.1. The number of ether oxygens (including phenoxy) is 3. The number of nitrogens with zero attached hydrogens (tertiary/aromatic N) is 2. The minimum atomic E-state index is -0.958. The maximum absolute atomic E-state index is 13.3. The van der Waals surface area contributed by atoms with Gasteiger partial charge in [0.15, 0.2) is 17.6 Å². The van der Waals surface area contributed by atoms with E-state index < -0.39 is 23.3 Å². The average Bonchev–Trinajstić information content (AvgIpc) is 3.30. The monoisotopic (exact) mass is 460 g/mol. The van der Waals surface area contributed by atoms with E-state index in [2.05, 4.69) is 0 Å². The van der Waals surface area contributed by atoms with Crippen LogP contribution in [0.15, 0.2) is 47.3 Å². The molecule has 0 fully saturated rings. The number of aromatic nitrogens is 1. The lowest BCUT2D eigenvalue weighted by molar-refractivity contribution is 0.0812. The number of hydrogen-bond donors (Lipinski definition) is 1. The Morgan fingerprint density at radius 2 is 1.85 bits per heavy atom. The van der Waals surface area contributed by atoms with E-state index in [1.165, 1.54) is 6.92 Å². The van der Waals surface area contributed by atoms with Gasteiger partial charge in [-0.05, 0) is 61.2 Å². The predicted octanol–water partition coefficient (Wildman–Crippen LogP) is 3.72. The summed E-state index contributed by atoms with van der Waals surface area (Å²) >= 11 is 0. The molecule has 0 saturated carbocycles. The number of aromatic hydroxyl groups is 1. The van der Waals surface area contributed by atoms with Gasteiger partial charge in [-0.1, -0.05) is 25.1 Å². The Balaban J connectivity index is 1.69. The van der Waals surface area contributed by atoms with Crippen LogP contribution in [0, 0.1) is 18.3 Å². The van der Waals surface area contributed by atoms with Gasteiger partial charge in [0, 0.05) is 0 Å². The van der Waals surface area contributed by atoms with Crippen LogP contribution < -0.4 is 19.8 Å². The summed E-state index contributed by atoms with van der Waals surface area (Å²) in [5.41, 5.74) is 0.877. The van der Waals surface area contributed by atoms with Crippen molar-refractivity contribution in [1.29, 1.82) is 5.26 Å². The zero-order valence-electron chi connectivity index (χ0n) is 19.1. The summed E-state index contributed by atoms with van der Waals surface area (Å²) in [4.78, 5) is 26.3. The summed E-state index contributed by atoms with van der Waals surface area (Å²) in [5.74, 6) is 0.552. The minimum Gasteiger partial charge on any atom is -0.494 e. The smallest absolute Gasteiger partial charge is 0.271 e. The van der Waals surface area contributed by atoms with E-state index in [-0.39, 0.29) is 30.0 Å². The number of nitriles is 1. The molecule has 8 nitrogen and oxygen atoms in total. The number of aryl methyl sites for hydroxylation is 1. The molecule has 2 heterocycles. The van der Waals surface area contributed by atoms with Gasteiger partial charge in [0.25, 0.3) is 5.56 Å². The van der Waals surface area contributed by atoms with Crippen molar-refractivity contribution in [3.63, 3.8) is 0 Å². The number of carbonyl (C=O) groups is 1. The van der Waals surface area contributed by atoms with Gasteiger partial charge < -0.3 is 19.3 Å². The Labute approximate surface area is 196 Å². The summed E-state index contributed by atoms with van der Waals surface area (Å²) in [6, 6.07) is 14.4. The molecule has 1 aromatic heterocycles. The van der Waals surface area contributed by atoms with E-state index in [9.17, 15) is 20.0 Å². The van der Waals surface area contributed by atoms with Crippen LogP contribution in [-0.2, 0) is 13.0 Å². The average molecular weight is 460 g/mol. The molecule has 2 aromatic carbocycles. The van der Waals surface area contributed by atoms with Crippen LogP contribution in [-0.4, -0.2) is 28.4 Å². The zero-order chi connectivity index (χ0) is 24.4. The fraction of sp³-hybridized carbons (Fsp3) is 0.269. The molecule has 1 unspecified atom stereocenters. The van der Waals surface area contributed by atoms with Gasteiger partial charge in [-0.25, -0.2) is 0 Å². The molecular weight excluding hydrogens is 436 g/mol. The van der Waals surface area contributed by atoms with Crippen molar-refractivity contribution >= 4 is 5.78 Å². The number of pyridine rings is 1. The fourth-order valence-corrected chi connectivity index (χ4v) is 3.88. The van der Waals surface area contributed by atoms with E-state index in [1.54, 1.807) is 37.3 Å². The molecule has 0 spiro atoms. The summed E-state index contributed by atoms with van der Waals surface area (Å²) in [6.07, 6.45) is -0.0796. The maximum Gasteiger partial charge on any atom is 0.271 e. The topological polar surface area (TPSA) is 111 Å². The Morgan fingerprint density at radius 1 is 1.18 bits per heavy atom. The second-order valence-corrected chi connectivity index (χ2v) is 8.01. The molecule has 174 valence electrons. The van der Waals surface area contributed by atoms with Gasteiger partial charge in [-0.2, -0.15) is 5.26 Å². The highest BCUT2D eigenvalue weighted by atomic mass is 16.7. The van der Waals surface area contributed by atoms with Crippen molar-refractivity contribution in [3.8, 4) is 29.2 Å². The van der Waals surface area contributed by atoms with Crippen LogP contribution in [0.3, 0.4) is 0 Å². The molecule has 0 bridgehead atoms. The summed E-state index contributed by atoms with van der Waals surface area (Å²) in [7, 11) is 0. The molecule has 0 amide bonds. The lowest BCUT2D eigenvalue weighted by atomic mass is 9.99. The van der Waals surface area contributed by atoms with Crippen LogP contribution in [0.4, 0.5) is 0 Å². The van der Waals surface area contributed by atoms with Gasteiger partial charge in [-0.15, -0.1) is 0 Å². The first-order valence-electron chi connectivity index (χ1n) is 10.9. The molecule has 0 radical (unpaired) electrons. The maximum atomic E-state index is 13.3. The van der Waals surface area contributed by atoms with Crippen molar-refractivity contribution in [2.24, 2.45) is 0 Å². The summed E-state index contributed by atoms with van der Waals surface area (Å²) < 4.78 is 17.5. The third-order valence-corrected chi connectivity index (χ3v) is 5.84. The van der Waals surface area contributed by atoms with Gasteiger partial charge in [-0.3, -0.25) is 14.2 Å². The van der Waals surface area contributed by atoms with Crippen molar-refractivity contribution < 1.29 is 24.1 Å². The van der Waals surface area contributed by atoms with Gasteiger partial charge in [0.2, 0.25) is 18.5 Å². The molecule has 1 N–H and O–H groups in total. The second-order valence-electron chi connectivity index (χ2n) is 8.01. The Bertz CT molecular complexity index is 1350. The van der Waals surface area contributed by atoms with E-state index in [0.29, 0.717) is 22.8 Å². The second kappa shape index (κ2) is 9.32. The Hall–Kier alpha value is -4.25. The molecule has 1 atom stereocenters. The number of ketones is 1. The predicted molar refractivity (Wildman–Crippen MR) is 124 cm³/mol. The van der Waals surface area contributed by atoms with Gasteiger partial charge in [0.05, 0.1) is 12.1 Å². The molecule has 1 aliphatic rings. The standard InChI is InChI=1S/C26H24N2O6/c1-4-17-5-8-19(9-6-17)34-16(3)24(29)23-15(2)20(12-27)25(30)28(26(23)31)13-18-7-10-21-22(11-18)33-14-32-21/h5-11,16,31H,4,13-14H2,1-3H3. The van der Waals surface area contributed by atoms with Crippen LogP contribution >= 0.6 is 0 Å². The molecule has 1 aliphatic heterocycles. The summed E-state index contributed by atoms with van der Waals surface area (Å²) in [5, 5.41) is 20.6. The normalized spacial score (nSPS) is 12.8. The lowest BCUT2D eigenvalue weighted by Gasteiger charge is -2.19. The quantitative estimate of drug-likeness (QED) is 0.535. The number of hydrogen-bond acceptors (Lipinski definition) is 7. The molecule has 8 heteroatoms. The van der Waals surface area contributed by atoms with E-state index in [1.807, 2.05) is 25.1 Å². The largest absolute Gasteiger partial charge is 0.494 e. The number of carbonyl (C=O) groups excluding carboxylic acids is 1. The van der Waals surface area contributed by atoms with E-state index in [4.69, 9.17) is 14.2 Å². The van der Waals surface area contributed by atoms with Crippen molar-refractivity contribution in [2.45, 2.75) is 39.8 Å². The molecule has 3 aromatic rings. The van der Waals surface area contributed by atoms with Crippen molar-refractivity contribution in [2.75, 3.05) is 6.79 Å². The van der Waals surface area contributed by atoms with Gasteiger partial charge in [0.1, 0.15) is 17.4 Å². The van der Waals surface area contributed by atoms with Crippen LogP contribution in [0.5, 0.6) is 23.1 Å². The highest BCUT2D eigenvalue weighted by Gasteiger charge is 2.28.